The Morgan fingerprint density at radius 2 is 0.923 bits per heavy atom. The molecule has 6 aliphatic rings. The monoisotopic (exact) mass is 726 g/mol. The Morgan fingerprint density at radius 3 is 1.33 bits per heavy atom. The van der Waals surface area contributed by atoms with E-state index in [0.29, 0.717) is 130 Å². The number of carbonyl (C=O) groups excluding carboxylic acids is 2. The number of amides is 2. The van der Waals surface area contributed by atoms with Gasteiger partial charge in [0.25, 0.3) is 11.8 Å². The van der Waals surface area contributed by atoms with Crippen LogP contribution in [0.25, 0.3) is 0 Å². The molecule has 2 aliphatic carbocycles. The molecule has 4 aliphatic heterocycles. The minimum atomic E-state index is -1.05. The third kappa shape index (κ3) is 9.19. The number of allylic oxidation sites excluding steroid dienone is 6. The van der Waals surface area contributed by atoms with Crippen molar-refractivity contribution in [1.82, 2.24) is 19.6 Å². The van der Waals surface area contributed by atoms with E-state index in [-0.39, 0.29) is 25.0 Å². The molecule has 6 rings (SSSR count). The molecule has 0 N–H and O–H groups in total. The summed E-state index contributed by atoms with van der Waals surface area (Å²) in [4.78, 5) is 36.0. The molecule has 0 radical (unpaired) electrons. The van der Waals surface area contributed by atoms with Crippen molar-refractivity contribution in [1.29, 1.82) is 0 Å². The predicted octanol–water partition coefficient (Wildman–Crippen LogP) is 0.932. The van der Waals surface area contributed by atoms with Gasteiger partial charge in [0.1, 0.15) is 0 Å². The number of nitrogens with zero attached hydrogens (tertiary/aromatic N) is 4. The van der Waals surface area contributed by atoms with Crippen molar-refractivity contribution < 1.29 is 47.5 Å². The maximum atomic E-state index is 13.9. The Bertz CT molecular complexity index is 1340. The van der Waals surface area contributed by atoms with Gasteiger partial charge in [0.15, 0.2) is 11.4 Å². The van der Waals surface area contributed by atoms with Gasteiger partial charge in [-0.1, -0.05) is 24.3 Å². The highest BCUT2D eigenvalue weighted by molar-refractivity contribution is 6.02. The molecule has 2 unspecified atom stereocenters. The second-order valence-corrected chi connectivity index (χ2v) is 13.3. The highest BCUT2D eigenvalue weighted by Gasteiger charge is 2.46. The van der Waals surface area contributed by atoms with Crippen LogP contribution in [0.1, 0.15) is 0 Å². The van der Waals surface area contributed by atoms with Crippen LogP contribution in [-0.4, -0.2) is 189 Å². The second kappa shape index (κ2) is 18.8. The summed E-state index contributed by atoms with van der Waals surface area (Å²) in [7, 11) is 3.24. The Hall–Kier alpha value is -3.02. The summed E-state index contributed by atoms with van der Waals surface area (Å²) in [6.07, 6.45) is 15.4. The average Bonchev–Trinajstić information content (AvgIpc) is 3.83. The van der Waals surface area contributed by atoms with Gasteiger partial charge in [-0.2, -0.15) is 0 Å². The van der Waals surface area contributed by atoms with Crippen LogP contribution < -0.4 is 0 Å². The molecule has 0 aromatic rings. The number of hydrogen-bond donors (Lipinski definition) is 0. The van der Waals surface area contributed by atoms with Crippen LogP contribution in [0.4, 0.5) is 0 Å². The van der Waals surface area contributed by atoms with E-state index in [1.807, 2.05) is 48.6 Å². The number of carbonyl (C=O) groups is 2. The lowest BCUT2D eigenvalue weighted by molar-refractivity contribution is -0.170. The molecule has 0 saturated carbocycles. The minimum absolute atomic E-state index is 0.0852. The third-order valence-corrected chi connectivity index (χ3v) is 10.3. The largest absolute Gasteiger partial charge is 0.378 e. The number of hydrogen-bond acceptors (Lipinski definition) is 12. The van der Waals surface area contributed by atoms with E-state index < -0.39 is 11.4 Å². The summed E-state index contributed by atoms with van der Waals surface area (Å²) in [6, 6.07) is 0. The molecule has 2 fully saturated rings. The molecule has 0 bridgehead atoms. The Labute approximate surface area is 306 Å². The van der Waals surface area contributed by atoms with E-state index in [0.717, 1.165) is 11.1 Å². The maximum absolute atomic E-state index is 13.9. The molecule has 2 atom stereocenters. The van der Waals surface area contributed by atoms with E-state index in [9.17, 15) is 9.59 Å². The highest BCUT2D eigenvalue weighted by Crippen LogP contribution is 2.36. The zero-order valence-electron chi connectivity index (χ0n) is 30.6. The van der Waals surface area contributed by atoms with E-state index in [1.54, 1.807) is 24.0 Å². The summed E-state index contributed by atoms with van der Waals surface area (Å²) in [5, 5.41) is 0. The summed E-state index contributed by atoms with van der Waals surface area (Å²) in [5.41, 5.74) is 0.915. The summed E-state index contributed by atoms with van der Waals surface area (Å²) in [5.74, 6) is -0.170. The number of ether oxygens (including phenoxy) is 8. The Kier molecular flexibility index (Phi) is 14.0. The van der Waals surface area contributed by atoms with E-state index in [4.69, 9.17) is 37.9 Å². The molecule has 0 aromatic heterocycles. The molecule has 0 aromatic carbocycles. The van der Waals surface area contributed by atoms with Crippen LogP contribution in [0.5, 0.6) is 0 Å². The predicted molar refractivity (Wildman–Crippen MR) is 191 cm³/mol. The van der Waals surface area contributed by atoms with Crippen molar-refractivity contribution >= 4 is 11.8 Å². The van der Waals surface area contributed by atoms with Crippen molar-refractivity contribution in [2.45, 2.75) is 11.4 Å². The molecule has 2 amide bonds. The molecular weight excluding hydrogens is 672 g/mol. The topological polar surface area (TPSA) is 121 Å². The summed E-state index contributed by atoms with van der Waals surface area (Å²) < 4.78 is 47.5. The minimum Gasteiger partial charge on any atom is -0.378 e. The van der Waals surface area contributed by atoms with Gasteiger partial charge in [0, 0.05) is 77.7 Å². The first-order valence-corrected chi connectivity index (χ1v) is 18.4. The maximum Gasteiger partial charge on any atom is 0.257 e. The Balaban J connectivity index is 1.18. The molecule has 14 nitrogen and oxygen atoms in total. The van der Waals surface area contributed by atoms with Crippen LogP contribution in [0.15, 0.2) is 70.9 Å². The lowest BCUT2D eigenvalue weighted by Gasteiger charge is -2.45. The van der Waals surface area contributed by atoms with Crippen molar-refractivity contribution in [3.63, 3.8) is 0 Å². The lowest BCUT2D eigenvalue weighted by Crippen LogP contribution is -2.60. The normalized spacial score (nSPS) is 29.7. The van der Waals surface area contributed by atoms with Crippen LogP contribution in [0.2, 0.25) is 0 Å². The number of rotatable bonds is 5. The van der Waals surface area contributed by atoms with Gasteiger partial charge in [-0.3, -0.25) is 19.4 Å². The van der Waals surface area contributed by atoms with Crippen LogP contribution in [0, 0.1) is 0 Å². The average molecular weight is 727 g/mol. The summed E-state index contributed by atoms with van der Waals surface area (Å²) in [6.45, 7) is 9.64. The van der Waals surface area contributed by atoms with Gasteiger partial charge in [-0.05, 0) is 35.5 Å². The first kappa shape index (κ1) is 38.7. The molecular formula is C38H54N4O10. The van der Waals surface area contributed by atoms with Crippen molar-refractivity contribution in [2.75, 3.05) is 146 Å². The van der Waals surface area contributed by atoms with Gasteiger partial charge < -0.3 is 47.7 Å². The fraction of sp³-hybridized carbons (Fsp3) is 0.632. The fourth-order valence-corrected chi connectivity index (χ4v) is 7.20. The molecule has 4 heterocycles. The van der Waals surface area contributed by atoms with Crippen LogP contribution in [0.3, 0.4) is 0 Å². The first-order valence-electron chi connectivity index (χ1n) is 18.4. The highest BCUT2D eigenvalue weighted by atomic mass is 16.6. The van der Waals surface area contributed by atoms with E-state index in [1.165, 1.54) is 0 Å². The second-order valence-electron chi connectivity index (χ2n) is 13.3. The van der Waals surface area contributed by atoms with Crippen molar-refractivity contribution in [3.05, 3.63) is 70.9 Å². The van der Waals surface area contributed by atoms with Crippen molar-refractivity contribution in [2.24, 2.45) is 0 Å². The van der Waals surface area contributed by atoms with Gasteiger partial charge >= 0.3 is 0 Å². The molecule has 52 heavy (non-hydrogen) atoms. The van der Waals surface area contributed by atoms with Crippen LogP contribution in [-0.2, 0) is 47.5 Å². The zero-order chi connectivity index (χ0) is 36.2. The Morgan fingerprint density at radius 1 is 0.538 bits per heavy atom. The summed E-state index contributed by atoms with van der Waals surface area (Å²) >= 11 is 0. The van der Waals surface area contributed by atoms with Gasteiger partial charge in [0.2, 0.25) is 0 Å². The molecule has 2 saturated heterocycles. The van der Waals surface area contributed by atoms with Gasteiger partial charge in [-0.15, -0.1) is 0 Å². The van der Waals surface area contributed by atoms with E-state index in [2.05, 4.69) is 9.80 Å². The van der Waals surface area contributed by atoms with E-state index >= 15 is 0 Å². The van der Waals surface area contributed by atoms with Crippen LogP contribution >= 0.6 is 0 Å². The van der Waals surface area contributed by atoms with Gasteiger partial charge in [-0.25, -0.2) is 0 Å². The molecule has 0 spiro atoms. The third-order valence-electron chi connectivity index (χ3n) is 10.3. The van der Waals surface area contributed by atoms with Gasteiger partial charge in [0.05, 0.1) is 79.3 Å². The number of methoxy groups -OCH3 is 2. The quantitative estimate of drug-likeness (QED) is 0.401. The lowest BCUT2D eigenvalue weighted by atomic mass is 9.96. The zero-order valence-corrected chi connectivity index (χ0v) is 30.6. The smallest absolute Gasteiger partial charge is 0.257 e. The standard InChI is InChI=1S/C38H54N4O10/c1-45-37-27-31-5-3-7-33(31)35(43)41(37)13-11-39(15-17-47-19-21-49-23-25-51-29-37)9-10-40-12-14-42-36(44)34-8-4-6-32(34)28-38(42,46-2)30-52-26-24-50-22-20-48-18-16-40/h3-8,27-28H,9-26,29-30H2,1-2H3. The fourth-order valence-electron chi connectivity index (χ4n) is 7.20. The molecule has 286 valence electrons. The SMILES string of the molecule is COC12C=C3C=CC=C3C(=O)N1CCN(CCN1CCOCCOCCOCC3(OC)C=C4C=CC=C4C(=O)N3CC1)CCOCCOCCOC2. The molecule has 14 heteroatoms. The number of fused-ring (bicyclic) bond motifs is 4. The first-order chi connectivity index (χ1) is 25.5. The van der Waals surface area contributed by atoms with Crippen molar-refractivity contribution in [3.8, 4) is 0 Å².